The SMILES string of the molecule is CNCC(C)(C)CN1CC2CCC(O)C2C1. The van der Waals surface area contributed by atoms with E-state index in [4.69, 9.17) is 0 Å². The van der Waals surface area contributed by atoms with Crippen molar-refractivity contribution >= 4 is 0 Å². The fraction of sp³-hybridized carbons (Fsp3) is 1.00. The lowest BCUT2D eigenvalue weighted by Crippen LogP contribution is -2.39. The Hall–Kier alpha value is -0.120. The molecule has 3 heteroatoms. The van der Waals surface area contributed by atoms with Crippen LogP contribution in [0, 0.1) is 17.3 Å². The molecule has 0 aromatic carbocycles. The van der Waals surface area contributed by atoms with Crippen LogP contribution in [0.15, 0.2) is 0 Å². The molecule has 0 radical (unpaired) electrons. The van der Waals surface area contributed by atoms with Crippen molar-refractivity contribution in [1.82, 2.24) is 10.2 Å². The third-order valence-electron chi connectivity index (χ3n) is 4.20. The van der Waals surface area contributed by atoms with Crippen LogP contribution in [0.2, 0.25) is 0 Å². The van der Waals surface area contributed by atoms with E-state index in [2.05, 4.69) is 24.1 Å². The molecule has 1 saturated carbocycles. The molecule has 3 unspecified atom stereocenters. The lowest BCUT2D eigenvalue weighted by Gasteiger charge is -2.30. The van der Waals surface area contributed by atoms with Gasteiger partial charge in [-0.25, -0.2) is 0 Å². The number of aliphatic hydroxyl groups is 1. The molecule has 0 aromatic heterocycles. The summed E-state index contributed by atoms with van der Waals surface area (Å²) in [6, 6.07) is 0. The third-order valence-corrected chi connectivity index (χ3v) is 4.20. The summed E-state index contributed by atoms with van der Waals surface area (Å²) < 4.78 is 0. The Kier molecular flexibility index (Phi) is 3.57. The average molecular weight is 226 g/mol. The van der Waals surface area contributed by atoms with Crippen LogP contribution in [-0.4, -0.2) is 49.3 Å². The van der Waals surface area contributed by atoms with Gasteiger partial charge >= 0.3 is 0 Å². The second-order valence-electron chi connectivity index (χ2n) is 6.46. The maximum Gasteiger partial charge on any atom is 0.0583 e. The Balaban J connectivity index is 1.85. The molecule has 2 N–H and O–H groups in total. The quantitative estimate of drug-likeness (QED) is 0.749. The monoisotopic (exact) mass is 226 g/mol. The van der Waals surface area contributed by atoms with Crippen molar-refractivity contribution in [2.24, 2.45) is 17.3 Å². The van der Waals surface area contributed by atoms with Crippen LogP contribution in [0.4, 0.5) is 0 Å². The molecule has 0 amide bonds. The van der Waals surface area contributed by atoms with Gasteiger partial charge in [0.25, 0.3) is 0 Å². The van der Waals surface area contributed by atoms with Gasteiger partial charge in [-0.3, -0.25) is 0 Å². The summed E-state index contributed by atoms with van der Waals surface area (Å²) in [4.78, 5) is 2.55. The molecule has 1 aliphatic carbocycles. The zero-order chi connectivity index (χ0) is 11.8. The first-order chi connectivity index (χ1) is 7.52. The fourth-order valence-electron chi connectivity index (χ4n) is 3.60. The van der Waals surface area contributed by atoms with Crippen molar-refractivity contribution in [3.63, 3.8) is 0 Å². The van der Waals surface area contributed by atoms with Crippen molar-refractivity contribution in [2.75, 3.05) is 33.2 Å². The van der Waals surface area contributed by atoms with Crippen LogP contribution in [0.3, 0.4) is 0 Å². The van der Waals surface area contributed by atoms with Crippen molar-refractivity contribution in [2.45, 2.75) is 32.8 Å². The van der Waals surface area contributed by atoms with Gasteiger partial charge in [-0.15, -0.1) is 0 Å². The molecule has 2 aliphatic rings. The largest absolute Gasteiger partial charge is 0.393 e. The second kappa shape index (κ2) is 4.63. The number of likely N-dealkylation sites (tertiary alicyclic amines) is 1. The summed E-state index contributed by atoms with van der Waals surface area (Å²) in [6.07, 6.45) is 2.24. The molecule has 3 atom stereocenters. The lowest BCUT2D eigenvalue weighted by atomic mass is 9.93. The molecular formula is C13H26N2O. The molecule has 0 spiro atoms. The molecule has 0 aromatic rings. The maximum absolute atomic E-state index is 9.88. The Labute approximate surface area is 99.2 Å². The predicted molar refractivity (Wildman–Crippen MR) is 66.4 cm³/mol. The number of rotatable bonds is 4. The lowest BCUT2D eigenvalue weighted by molar-refractivity contribution is 0.117. The summed E-state index contributed by atoms with van der Waals surface area (Å²) in [5.41, 5.74) is 0.332. The summed E-state index contributed by atoms with van der Waals surface area (Å²) in [6.45, 7) is 9.14. The van der Waals surface area contributed by atoms with Crippen LogP contribution in [0.1, 0.15) is 26.7 Å². The highest BCUT2D eigenvalue weighted by Crippen LogP contribution is 2.38. The zero-order valence-electron chi connectivity index (χ0n) is 10.9. The molecular weight excluding hydrogens is 200 g/mol. The van der Waals surface area contributed by atoms with Gasteiger partial charge in [0.2, 0.25) is 0 Å². The Morgan fingerprint density at radius 3 is 2.69 bits per heavy atom. The first kappa shape index (κ1) is 12.3. The molecule has 1 aliphatic heterocycles. The van der Waals surface area contributed by atoms with Crippen molar-refractivity contribution in [3.8, 4) is 0 Å². The van der Waals surface area contributed by atoms with E-state index >= 15 is 0 Å². The summed E-state index contributed by atoms with van der Waals surface area (Å²) in [5.74, 6) is 1.32. The van der Waals surface area contributed by atoms with Crippen LogP contribution >= 0.6 is 0 Å². The zero-order valence-corrected chi connectivity index (χ0v) is 10.9. The van der Waals surface area contributed by atoms with Crippen LogP contribution in [0.25, 0.3) is 0 Å². The van der Waals surface area contributed by atoms with Gasteiger partial charge < -0.3 is 15.3 Å². The molecule has 3 nitrogen and oxygen atoms in total. The van der Waals surface area contributed by atoms with Gasteiger partial charge in [-0.05, 0) is 31.2 Å². The van der Waals surface area contributed by atoms with E-state index < -0.39 is 0 Å². The maximum atomic E-state index is 9.88. The molecule has 1 saturated heterocycles. The highest BCUT2D eigenvalue weighted by molar-refractivity contribution is 4.94. The van der Waals surface area contributed by atoms with E-state index in [9.17, 15) is 5.11 Å². The molecule has 0 bridgehead atoms. The van der Waals surface area contributed by atoms with E-state index in [-0.39, 0.29) is 6.10 Å². The average Bonchev–Trinajstić information content (AvgIpc) is 2.68. The fourth-order valence-corrected chi connectivity index (χ4v) is 3.60. The van der Waals surface area contributed by atoms with Gasteiger partial charge in [0.15, 0.2) is 0 Å². The topological polar surface area (TPSA) is 35.5 Å². The van der Waals surface area contributed by atoms with Gasteiger partial charge in [0, 0.05) is 32.1 Å². The summed E-state index contributed by atoms with van der Waals surface area (Å²) in [5, 5.41) is 13.1. The van der Waals surface area contributed by atoms with Gasteiger partial charge in [-0.1, -0.05) is 13.8 Å². The minimum atomic E-state index is -0.0255. The molecule has 2 fully saturated rings. The van der Waals surface area contributed by atoms with Crippen LogP contribution < -0.4 is 5.32 Å². The highest BCUT2D eigenvalue weighted by atomic mass is 16.3. The number of nitrogens with one attached hydrogen (secondary N) is 1. The van der Waals surface area contributed by atoms with Gasteiger partial charge in [0.1, 0.15) is 0 Å². The normalized spacial score (nSPS) is 35.6. The van der Waals surface area contributed by atoms with Crippen molar-refractivity contribution in [3.05, 3.63) is 0 Å². The Morgan fingerprint density at radius 2 is 2.06 bits per heavy atom. The number of hydrogen-bond acceptors (Lipinski definition) is 3. The molecule has 16 heavy (non-hydrogen) atoms. The summed E-state index contributed by atoms with van der Waals surface area (Å²) >= 11 is 0. The van der Waals surface area contributed by atoms with Crippen LogP contribution in [0.5, 0.6) is 0 Å². The third kappa shape index (κ3) is 2.58. The minimum absolute atomic E-state index is 0.0255. The van der Waals surface area contributed by atoms with E-state index in [0.29, 0.717) is 11.3 Å². The number of nitrogens with zero attached hydrogens (tertiary/aromatic N) is 1. The number of aliphatic hydroxyl groups excluding tert-OH is 1. The summed E-state index contributed by atoms with van der Waals surface area (Å²) in [7, 11) is 2.02. The van der Waals surface area contributed by atoms with Gasteiger partial charge in [-0.2, -0.15) is 0 Å². The first-order valence-corrected chi connectivity index (χ1v) is 6.57. The Morgan fingerprint density at radius 1 is 1.31 bits per heavy atom. The van der Waals surface area contributed by atoms with E-state index in [1.807, 2.05) is 7.05 Å². The Bertz CT molecular complexity index is 242. The van der Waals surface area contributed by atoms with Crippen molar-refractivity contribution < 1.29 is 5.11 Å². The standard InChI is InChI=1S/C13H26N2O/c1-13(2,8-14-3)9-15-6-10-4-5-12(16)11(10)7-15/h10-12,14,16H,4-9H2,1-3H3. The molecule has 1 heterocycles. The van der Waals surface area contributed by atoms with E-state index in [0.717, 1.165) is 32.0 Å². The minimum Gasteiger partial charge on any atom is -0.393 e. The first-order valence-electron chi connectivity index (χ1n) is 6.57. The smallest absolute Gasteiger partial charge is 0.0583 e. The molecule has 2 rings (SSSR count). The van der Waals surface area contributed by atoms with Crippen LogP contribution in [-0.2, 0) is 0 Å². The number of fused-ring (bicyclic) bond motifs is 1. The van der Waals surface area contributed by atoms with E-state index in [1.165, 1.54) is 13.0 Å². The van der Waals surface area contributed by atoms with Crippen molar-refractivity contribution in [1.29, 1.82) is 0 Å². The predicted octanol–water partition coefficient (Wildman–Crippen LogP) is 0.935. The van der Waals surface area contributed by atoms with E-state index in [1.54, 1.807) is 0 Å². The highest BCUT2D eigenvalue weighted by Gasteiger charge is 2.42. The molecule has 94 valence electrons. The van der Waals surface area contributed by atoms with Gasteiger partial charge in [0.05, 0.1) is 6.10 Å². The second-order valence-corrected chi connectivity index (χ2v) is 6.46. The number of hydrogen-bond donors (Lipinski definition) is 2.